The van der Waals surface area contributed by atoms with Crippen LogP contribution >= 0.6 is 0 Å². The fraction of sp³-hybridized carbons (Fsp3) is 0.778. The van der Waals surface area contributed by atoms with Gasteiger partial charge in [0.25, 0.3) is 0 Å². The molecule has 80 valence electrons. The zero-order valence-corrected chi connectivity index (χ0v) is 8.95. The van der Waals surface area contributed by atoms with Gasteiger partial charge < -0.3 is 15.5 Å². The fourth-order valence-electron chi connectivity index (χ4n) is 1.16. The van der Waals surface area contributed by atoms with E-state index >= 15 is 0 Å². The van der Waals surface area contributed by atoms with Crippen LogP contribution in [0.1, 0.15) is 33.6 Å². The van der Waals surface area contributed by atoms with E-state index in [2.05, 4.69) is 36.3 Å². The summed E-state index contributed by atoms with van der Waals surface area (Å²) in [5.74, 6) is 0.715. The summed E-state index contributed by atoms with van der Waals surface area (Å²) >= 11 is 0. The Hall–Kier alpha value is -1.26. The van der Waals surface area contributed by atoms with Crippen molar-refractivity contribution < 1.29 is 4.42 Å². The third-order valence-electron chi connectivity index (χ3n) is 1.99. The number of hydrogen-bond acceptors (Lipinski definition) is 5. The molecular weight excluding hydrogens is 180 g/mol. The largest absolute Gasteiger partial charge is 0.390 e. The molecule has 1 aromatic rings. The summed E-state index contributed by atoms with van der Waals surface area (Å²) in [5.41, 5.74) is 5.30. The molecule has 0 aliphatic carbocycles. The maximum atomic E-state index is 5.30. The SMILES string of the molecule is CC(C)CCC(C)Nc1nnc(N)o1. The number of nitrogens with one attached hydrogen (secondary N) is 1. The molecule has 0 aliphatic heterocycles. The molecular formula is C9H18N4O. The first-order valence-corrected chi connectivity index (χ1v) is 4.93. The first-order chi connectivity index (χ1) is 6.58. The van der Waals surface area contributed by atoms with Crippen LogP contribution in [-0.4, -0.2) is 16.2 Å². The number of rotatable bonds is 5. The Morgan fingerprint density at radius 2 is 2.00 bits per heavy atom. The van der Waals surface area contributed by atoms with E-state index < -0.39 is 0 Å². The van der Waals surface area contributed by atoms with Gasteiger partial charge in [-0.25, -0.2) is 0 Å². The standard InChI is InChI=1S/C9H18N4O/c1-6(2)4-5-7(3)11-9-13-12-8(10)14-9/h6-7H,4-5H2,1-3H3,(H2,10,12)(H,11,13). The number of nitrogens with zero attached hydrogens (tertiary/aromatic N) is 2. The molecule has 0 amide bonds. The zero-order chi connectivity index (χ0) is 10.6. The Kier molecular flexibility index (Phi) is 3.73. The minimum atomic E-state index is 0.101. The van der Waals surface area contributed by atoms with Gasteiger partial charge in [0, 0.05) is 6.04 Å². The lowest BCUT2D eigenvalue weighted by Crippen LogP contribution is -2.15. The Bertz CT molecular complexity index is 272. The van der Waals surface area contributed by atoms with Gasteiger partial charge >= 0.3 is 12.0 Å². The van der Waals surface area contributed by atoms with Crippen LogP contribution in [0.25, 0.3) is 0 Å². The van der Waals surface area contributed by atoms with Crippen LogP contribution in [0.15, 0.2) is 4.42 Å². The first-order valence-electron chi connectivity index (χ1n) is 4.93. The van der Waals surface area contributed by atoms with Crippen LogP contribution in [0.2, 0.25) is 0 Å². The fourth-order valence-corrected chi connectivity index (χ4v) is 1.16. The van der Waals surface area contributed by atoms with Gasteiger partial charge in [-0.1, -0.05) is 24.0 Å². The molecule has 5 nitrogen and oxygen atoms in total. The van der Waals surface area contributed by atoms with E-state index in [1.165, 1.54) is 6.42 Å². The van der Waals surface area contributed by atoms with Crippen molar-refractivity contribution >= 4 is 12.0 Å². The topological polar surface area (TPSA) is 77.0 Å². The highest BCUT2D eigenvalue weighted by atomic mass is 16.4. The quantitative estimate of drug-likeness (QED) is 0.755. The molecule has 0 radical (unpaired) electrons. The molecule has 1 atom stereocenters. The van der Waals surface area contributed by atoms with Crippen molar-refractivity contribution in [1.29, 1.82) is 0 Å². The van der Waals surface area contributed by atoms with Crippen LogP contribution in [0, 0.1) is 5.92 Å². The number of hydrogen-bond donors (Lipinski definition) is 2. The second-order valence-corrected chi connectivity index (χ2v) is 3.96. The van der Waals surface area contributed by atoms with E-state index in [1.54, 1.807) is 0 Å². The summed E-state index contributed by atoms with van der Waals surface area (Å²) in [6, 6.07) is 0.833. The monoisotopic (exact) mass is 198 g/mol. The highest BCUT2D eigenvalue weighted by Gasteiger charge is 2.07. The smallest absolute Gasteiger partial charge is 0.317 e. The maximum Gasteiger partial charge on any atom is 0.317 e. The molecule has 1 heterocycles. The predicted octanol–water partition coefficient (Wildman–Crippen LogP) is 1.89. The molecule has 1 unspecified atom stereocenters. The average molecular weight is 198 g/mol. The van der Waals surface area contributed by atoms with Gasteiger partial charge in [0.2, 0.25) is 0 Å². The molecule has 0 saturated carbocycles. The molecule has 0 saturated heterocycles. The highest BCUT2D eigenvalue weighted by Crippen LogP contribution is 2.12. The predicted molar refractivity (Wildman–Crippen MR) is 55.9 cm³/mol. The van der Waals surface area contributed by atoms with E-state index in [4.69, 9.17) is 10.2 Å². The molecule has 0 fully saturated rings. The van der Waals surface area contributed by atoms with Crippen molar-refractivity contribution in [3.63, 3.8) is 0 Å². The van der Waals surface area contributed by atoms with Gasteiger partial charge in [-0.2, -0.15) is 0 Å². The molecule has 1 aromatic heterocycles. The summed E-state index contributed by atoms with van der Waals surface area (Å²) < 4.78 is 5.01. The molecule has 0 aliphatic rings. The number of nitrogens with two attached hydrogens (primary N) is 1. The summed E-state index contributed by atoms with van der Waals surface area (Å²) in [4.78, 5) is 0. The van der Waals surface area contributed by atoms with Gasteiger partial charge in [-0.3, -0.25) is 0 Å². The second kappa shape index (κ2) is 4.83. The first kappa shape index (κ1) is 10.8. The lowest BCUT2D eigenvalue weighted by molar-refractivity contribution is 0.512. The number of aromatic nitrogens is 2. The van der Waals surface area contributed by atoms with Gasteiger partial charge in [-0.05, 0) is 25.7 Å². The van der Waals surface area contributed by atoms with Crippen molar-refractivity contribution in [1.82, 2.24) is 10.2 Å². The Morgan fingerprint density at radius 3 is 2.50 bits per heavy atom. The third kappa shape index (κ3) is 3.64. The van der Waals surface area contributed by atoms with E-state index in [0.29, 0.717) is 18.0 Å². The number of anilines is 2. The molecule has 5 heteroatoms. The second-order valence-electron chi connectivity index (χ2n) is 3.96. The molecule has 0 spiro atoms. The van der Waals surface area contributed by atoms with Crippen LogP contribution in [0.3, 0.4) is 0 Å². The van der Waals surface area contributed by atoms with Crippen LogP contribution < -0.4 is 11.1 Å². The third-order valence-corrected chi connectivity index (χ3v) is 1.99. The van der Waals surface area contributed by atoms with Crippen molar-refractivity contribution in [2.75, 3.05) is 11.1 Å². The Morgan fingerprint density at radius 1 is 1.29 bits per heavy atom. The summed E-state index contributed by atoms with van der Waals surface area (Å²) in [6.45, 7) is 6.50. The average Bonchev–Trinajstić information content (AvgIpc) is 2.48. The van der Waals surface area contributed by atoms with Crippen molar-refractivity contribution in [2.45, 2.75) is 39.7 Å². The Labute approximate surface area is 84.1 Å². The van der Waals surface area contributed by atoms with E-state index in [-0.39, 0.29) is 6.01 Å². The zero-order valence-electron chi connectivity index (χ0n) is 8.95. The van der Waals surface area contributed by atoms with Gasteiger partial charge in [0.15, 0.2) is 0 Å². The Balaban J connectivity index is 2.30. The van der Waals surface area contributed by atoms with E-state index in [0.717, 1.165) is 6.42 Å². The molecule has 0 aromatic carbocycles. The van der Waals surface area contributed by atoms with Crippen molar-refractivity contribution in [2.24, 2.45) is 5.92 Å². The number of nitrogen functional groups attached to an aromatic ring is 1. The normalized spacial score (nSPS) is 13.1. The van der Waals surface area contributed by atoms with E-state index in [1.807, 2.05) is 0 Å². The summed E-state index contributed by atoms with van der Waals surface area (Å²) in [6.07, 6.45) is 2.26. The van der Waals surface area contributed by atoms with Crippen LogP contribution in [-0.2, 0) is 0 Å². The molecule has 3 N–H and O–H groups in total. The molecule has 1 rings (SSSR count). The molecule has 0 bridgehead atoms. The highest BCUT2D eigenvalue weighted by molar-refractivity contribution is 5.23. The van der Waals surface area contributed by atoms with Crippen LogP contribution in [0.5, 0.6) is 0 Å². The lowest BCUT2D eigenvalue weighted by atomic mass is 10.0. The minimum Gasteiger partial charge on any atom is -0.390 e. The molecule has 14 heavy (non-hydrogen) atoms. The summed E-state index contributed by atoms with van der Waals surface area (Å²) in [5, 5.41) is 10.4. The van der Waals surface area contributed by atoms with Gasteiger partial charge in [0.05, 0.1) is 0 Å². The van der Waals surface area contributed by atoms with Crippen molar-refractivity contribution in [3.8, 4) is 0 Å². The maximum absolute atomic E-state index is 5.30. The minimum absolute atomic E-state index is 0.101. The van der Waals surface area contributed by atoms with Crippen LogP contribution in [0.4, 0.5) is 12.0 Å². The van der Waals surface area contributed by atoms with E-state index in [9.17, 15) is 0 Å². The van der Waals surface area contributed by atoms with Gasteiger partial charge in [0.1, 0.15) is 0 Å². The van der Waals surface area contributed by atoms with Crippen molar-refractivity contribution in [3.05, 3.63) is 0 Å². The van der Waals surface area contributed by atoms with Gasteiger partial charge in [-0.15, -0.1) is 0 Å². The summed E-state index contributed by atoms with van der Waals surface area (Å²) in [7, 11) is 0. The lowest BCUT2D eigenvalue weighted by Gasteiger charge is -2.12.